The molecule has 1 aliphatic rings. The molecule has 1 aromatic rings. The number of rotatable bonds is 2. The van der Waals surface area contributed by atoms with E-state index in [1.54, 1.807) is 0 Å². The van der Waals surface area contributed by atoms with Gasteiger partial charge in [-0.25, -0.2) is 0 Å². The van der Waals surface area contributed by atoms with Gasteiger partial charge in [0, 0.05) is 24.5 Å². The molecule has 2 rings (SSSR count). The van der Waals surface area contributed by atoms with Gasteiger partial charge in [-0.1, -0.05) is 22.9 Å². The van der Waals surface area contributed by atoms with Crippen molar-refractivity contribution in [2.24, 2.45) is 0 Å². The molecule has 0 aliphatic carbocycles. The highest BCUT2D eigenvalue weighted by Crippen LogP contribution is 2.28. The molecule has 1 aromatic heterocycles. The van der Waals surface area contributed by atoms with Gasteiger partial charge in [0.1, 0.15) is 0 Å². The maximum Gasteiger partial charge on any atom is 0.236 e. The molecule has 0 saturated heterocycles. The monoisotopic (exact) mass is 298 g/mol. The van der Waals surface area contributed by atoms with Crippen LogP contribution >= 0.6 is 15.9 Å². The summed E-state index contributed by atoms with van der Waals surface area (Å²) in [6.07, 6.45) is 0.835. The molecule has 4 heteroatoms. The standard InChI is InChI=1S/C13H19BrN2O/c1-4-11(14)13(17)16-8-7-15-9(2)5-6-12(15)10(16)3/h5-6,10-11H,4,7-8H2,1-3H3. The zero-order valence-electron chi connectivity index (χ0n) is 10.6. The maximum absolute atomic E-state index is 12.2. The molecule has 2 heterocycles. The van der Waals surface area contributed by atoms with Crippen LogP contribution in [0.4, 0.5) is 0 Å². The Morgan fingerprint density at radius 2 is 2.24 bits per heavy atom. The molecule has 0 saturated carbocycles. The number of alkyl halides is 1. The first-order valence-corrected chi connectivity index (χ1v) is 7.08. The molecule has 0 N–H and O–H groups in total. The first-order chi connectivity index (χ1) is 8.06. The summed E-state index contributed by atoms with van der Waals surface area (Å²) in [6, 6.07) is 4.44. The lowest BCUT2D eigenvalue weighted by Gasteiger charge is -2.36. The SMILES string of the molecule is CCC(Br)C(=O)N1CCn2c(C)ccc2C1C. The number of aromatic nitrogens is 1. The summed E-state index contributed by atoms with van der Waals surface area (Å²) < 4.78 is 2.31. The van der Waals surface area contributed by atoms with Crippen molar-refractivity contribution in [1.82, 2.24) is 9.47 Å². The van der Waals surface area contributed by atoms with Crippen molar-refractivity contribution < 1.29 is 4.79 Å². The summed E-state index contributed by atoms with van der Waals surface area (Å²) in [5.74, 6) is 0.213. The molecule has 1 aliphatic heterocycles. The van der Waals surface area contributed by atoms with Gasteiger partial charge in [0.25, 0.3) is 0 Å². The van der Waals surface area contributed by atoms with E-state index < -0.39 is 0 Å². The highest BCUT2D eigenvalue weighted by molar-refractivity contribution is 9.10. The summed E-state index contributed by atoms with van der Waals surface area (Å²) in [6.45, 7) is 7.97. The average molecular weight is 299 g/mol. The lowest BCUT2D eigenvalue weighted by molar-refractivity contribution is -0.133. The first kappa shape index (κ1) is 12.7. The van der Waals surface area contributed by atoms with Crippen LogP contribution < -0.4 is 0 Å². The van der Waals surface area contributed by atoms with Gasteiger partial charge in [0.2, 0.25) is 5.91 Å². The van der Waals surface area contributed by atoms with E-state index in [1.807, 2.05) is 11.8 Å². The minimum Gasteiger partial charge on any atom is -0.345 e. The van der Waals surface area contributed by atoms with E-state index in [0.717, 1.165) is 19.5 Å². The molecule has 0 radical (unpaired) electrons. The number of amides is 1. The van der Waals surface area contributed by atoms with Crippen LogP contribution in [0.3, 0.4) is 0 Å². The van der Waals surface area contributed by atoms with Gasteiger partial charge >= 0.3 is 0 Å². The molecule has 1 amide bonds. The number of halogens is 1. The largest absolute Gasteiger partial charge is 0.345 e. The van der Waals surface area contributed by atoms with Crippen LogP contribution in [0.1, 0.15) is 37.7 Å². The molecule has 94 valence electrons. The summed E-state index contributed by atoms with van der Waals surface area (Å²) in [5, 5.41) is 0. The fourth-order valence-corrected chi connectivity index (χ4v) is 2.74. The average Bonchev–Trinajstić information content (AvgIpc) is 2.71. The van der Waals surface area contributed by atoms with Crippen molar-refractivity contribution in [1.29, 1.82) is 0 Å². The van der Waals surface area contributed by atoms with Crippen LogP contribution in [0.15, 0.2) is 12.1 Å². The molecule has 0 fully saturated rings. The van der Waals surface area contributed by atoms with Gasteiger partial charge < -0.3 is 9.47 Å². The number of fused-ring (bicyclic) bond motifs is 1. The Morgan fingerprint density at radius 3 is 2.88 bits per heavy atom. The Hall–Kier alpha value is -0.770. The van der Waals surface area contributed by atoms with Crippen molar-refractivity contribution in [2.45, 2.75) is 44.6 Å². The molecule has 2 unspecified atom stereocenters. The zero-order chi connectivity index (χ0) is 12.6. The highest BCUT2D eigenvalue weighted by atomic mass is 79.9. The third-order valence-electron chi connectivity index (χ3n) is 3.60. The van der Waals surface area contributed by atoms with E-state index in [2.05, 4.69) is 46.5 Å². The fraction of sp³-hybridized carbons (Fsp3) is 0.615. The molecule has 3 nitrogen and oxygen atoms in total. The summed E-state index contributed by atoms with van der Waals surface area (Å²) in [4.78, 5) is 14.2. The van der Waals surface area contributed by atoms with Crippen molar-refractivity contribution in [2.75, 3.05) is 6.54 Å². The Morgan fingerprint density at radius 1 is 1.53 bits per heavy atom. The zero-order valence-corrected chi connectivity index (χ0v) is 12.2. The van der Waals surface area contributed by atoms with Gasteiger partial charge in [-0.3, -0.25) is 4.79 Å². The van der Waals surface area contributed by atoms with Gasteiger partial charge in [-0.2, -0.15) is 0 Å². The lowest BCUT2D eigenvalue weighted by Crippen LogP contribution is -2.44. The summed E-state index contributed by atoms with van der Waals surface area (Å²) >= 11 is 3.45. The second kappa shape index (κ2) is 4.84. The number of hydrogen-bond acceptors (Lipinski definition) is 1. The van der Waals surface area contributed by atoms with Crippen molar-refractivity contribution in [3.63, 3.8) is 0 Å². The second-order valence-corrected chi connectivity index (χ2v) is 5.74. The van der Waals surface area contributed by atoms with Crippen LogP contribution in [0.25, 0.3) is 0 Å². The van der Waals surface area contributed by atoms with E-state index in [-0.39, 0.29) is 16.8 Å². The molecular formula is C13H19BrN2O. The summed E-state index contributed by atoms with van der Waals surface area (Å²) in [7, 11) is 0. The third kappa shape index (κ3) is 2.15. The summed E-state index contributed by atoms with van der Waals surface area (Å²) in [5.41, 5.74) is 2.53. The van der Waals surface area contributed by atoms with Gasteiger partial charge in [0.15, 0.2) is 0 Å². The number of carbonyl (C=O) groups is 1. The molecule has 0 aromatic carbocycles. The van der Waals surface area contributed by atoms with Gasteiger partial charge in [-0.05, 0) is 32.4 Å². The van der Waals surface area contributed by atoms with Crippen LogP contribution in [0, 0.1) is 6.92 Å². The van der Waals surface area contributed by atoms with Crippen LogP contribution in [0.5, 0.6) is 0 Å². The Kier molecular flexibility index (Phi) is 3.61. The number of nitrogens with zero attached hydrogens (tertiary/aromatic N) is 2. The molecule has 0 bridgehead atoms. The van der Waals surface area contributed by atoms with Crippen LogP contribution in [0.2, 0.25) is 0 Å². The van der Waals surface area contributed by atoms with E-state index >= 15 is 0 Å². The van der Waals surface area contributed by atoms with Crippen LogP contribution in [-0.2, 0) is 11.3 Å². The van der Waals surface area contributed by atoms with Crippen molar-refractivity contribution in [3.05, 3.63) is 23.5 Å². The number of hydrogen-bond donors (Lipinski definition) is 0. The highest BCUT2D eigenvalue weighted by Gasteiger charge is 2.30. The molecule has 0 spiro atoms. The molecule has 2 atom stereocenters. The minimum atomic E-state index is -0.0486. The smallest absolute Gasteiger partial charge is 0.236 e. The van der Waals surface area contributed by atoms with Crippen molar-refractivity contribution in [3.8, 4) is 0 Å². The number of aryl methyl sites for hydroxylation is 1. The first-order valence-electron chi connectivity index (χ1n) is 6.16. The Balaban J connectivity index is 2.23. The maximum atomic E-state index is 12.2. The van der Waals surface area contributed by atoms with Gasteiger partial charge in [0.05, 0.1) is 10.9 Å². The van der Waals surface area contributed by atoms with Crippen molar-refractivity contribution >= 4 is 21.8 Å². The third-order valence-corrected chi connectivity index (χ3v) is 4.64. The second-order valence-electron chi connectivity index (χ2n) is 4.63. The predicted molar refractivity (Wildman–Crippen MR) is 72.3 cm³/mol. The molecular weight excluding hydrogens is 280 g/mol. The van der Waals surface area contributed by atoms with E-state index in [1.165, 1.54) is 11.4 Å². The van der Waals surface area contributed by atoms with E-state index in [0.29, 0.717) is 0 Å². The predicted octanol–water partition coefficient (Wildman–Crippen LogP) is 2.87. The quantitative estimate of drug-likeness (QED) is 0.771. The lowest BCUT2D eigenvalue weighted by atomic mass is 10.1. The minimum absolute atomic E-state index is 0.0486. The van der Waals surface area contributed by atoms with E-state index in [9.17, 15) is 4.79 Å². The topological polar surface area (TPSA) is 25.2 Å². The van der Waals surface area contributed by atoms with Gasteiger partial charge in [-0.15, -0.1) is 0 Å². The normalized spacial score (nSPS) is 21.2. The fourth-order valence-electron chi connectivity index (χ4n) is 2.48. The molecule has 17 heavy (non-hydrogen) atoms. The number of carbonyl (C=O) groups excluding carboxylic acids is 1. The van der Waals surface area contributed by atoms with Crippen LogP contribution in [-0.4, -0.2) is 26.7 Å². The Bertz CT molecular complexity index is 427. The Labute approximate surface area is 111 Å². The van der Waals surface area contributed by atoms with E-state index in [4.69, 9.17) is 0 Å².